The van der Waals surface area contributed by atoms with Crippen LogP contribution >= 0.6 is 0 Å². The predicted molar refractivity (Wildman–Crippen MR) is 72.3 cm³/mol. The van der Waals surface area contributed by atoms with Gasteiger partial charge in [0.15, 0.2) is 0 Å². The first kappa shape index (κ1) is 14.9. The van der Waals surface area contributed by atoms with Crippen LogP contribution in [0.4, 0.5) is 0 Å². The van der Waals surface area contributed by atoms with Crippen LogP contribution in [-0.4, -0.2) is 73.9 Å². The highest BCUT2D eigenvalue weighted by Crippen LogP contribution is 2.02. The number of β-amino-alcohol motifs (C(OH)–C–C–N with tert-alkyl or cyclic N) is 1. The van der Waals surface area contributed by atoms with Crippen molar-refractivity contribution in [2.45, 2.75) is 26.4 Å². The van der Waals surface area contributed by atoms with Gasteiger partial charge in [0.2, 0.25) is 0 Å². The monoisotopic (exact) mass is 243 g/mol. The Labute approximate surface area is 106 Å². The summed E-state index contributed by atoms with van der Waals surface area (Å²) in [5, 5.41) is 13.4. The summed E-state index contributed by atoms with van der Waals surface area (Å²) in [6.07, 6.45) is 0.988. The average Bonchev–Trinajstić information content (AvgIpc) is 2.27. The van der Waals surface area contributed by atoms with E-state index in [0.29, 0.717) is 0 Å². The van der Waals surface area contributed by atoms with E-state index >= 15 is 0 Å². The molecule has 0 aliphatic carbocycles. The Morgan fingerprint density at radius 1 is 1.29 bits per heavy atom. The minimum atomic E-state index is -0.217. The lowest BCUT2D eigenvalue weighted by Crippen LogP contribution is -2.48. The van der Waals surface area contributed by atoms with E-state index in [1.54, 1.807) is 0 Å². The molecule has 0 saturated carbocycles. The number of aliphatic hydroxyl groups excluding tert-OH is 1. The maximum absolute atomic E-state index is 10.0. The summed E-state index contributed by atoms with van der Waals surface area (Å²) in [5.74, 6) is 0.739. The van der Waals surface area contributed by atoms with Crippen molar-refractivity contribution >= 4 is 0 Å². The lowest BCUT2D eigenvalue weighted by Gasteiger charge is -2.30. The van der Waals surface area contributed by atoms with Gasteiger partial charge in [-0.3, -0.25) is 4.90 Å². The van der Waals surface area contributed by atoms with E-state index in [1.165, 1.54) is 6.42 Å². The quantitative estimate of drug-likeness (QED) is 0.671. The molecule has 4 nitrogen and oxygen atoms in total. The first-order valence-corrected chi connectivity index (χ1v) is 6.87. The molecule has 1 saturated heterocycles. The van der Waals surface area contributed by atoms with Crippen LogP contribution in [-0.2, 0) is 0 Å². The van der Waals surface area contributed by atoms with Crippen molar-refractivity contribution in [1.29, 1.82) is 0 Å². The first-order valence-electron chi connectivity index (χ1n) is 6.87. The Morgan fingerprint density at radius 3 is 2.53 bits per heavy atom. The molecule has 0 aromatic rings. The second-order valence-corrected chi connectivity index (χ2v) is 5.65. The molecule has 2 N–H and O–H groups in total. The molecule has 1 unspecified atom stereocenters. The topological polar surface area (TPSA) is 38.7 Å². The molecular weight excluding hydrogens is 214 g/mol. The van der Waals surface area contributed by atoms with Gasteiger partial charge in [-0.2, -0.15) is 0 Å². The van der Waals surface area contributed by atoms with Crippen LogP contribution in [0.1, 0.15) is 20.3 Å². The molecule has 0 aromatic carbocycles. The van der Waals surface area contributed by atoms with Crippen LogP contribution in [0.15, 0.2) is 0 Å². The SMILES string of the molecule is CC(C)CCN(C)CC(O)CN1CCNCC1. The lowest BCUT2D eigenvalue weighted by atomic mass is 10.1. The minimum Gasteiger partial charge on any atom is -0.390 e. The number of rotatable bonds is 7. The Kier molecular flexibility index (Phi) is 7.04. The van der Waals surface area contributed by atoms with Crippen molar-refractivity contribution in [2.75, 3.05) is 52.9 Å². The fraction of sp³-hybridized carbons (Fsp3) is 1.00. The van der Waals surface area contributed by atoms with Gasteiger partial charge in [-0.25, -0.2) is 0 Å². The molecule has 1 rings (SSSR count). The molecule has 0 aromatic heterocycles. The molecule has 0 spiro atoms. The molecular formula is C13H29N3O. The van der Waals surface area contributed by atoms with E-state index in [1.807, 2.05) is 0 Å². The number of nitrogens with one attached hydrogen (secondary N) is 1. The third-order valence-electron chi connectivity index (χ3n) is 3.29. The number of nitrogens with zero attached hydrogens (tertiary/aromatic N) is 2. The van der Waals surface area contributed by atoms with Gasteiger partial charge in [0, 0.05) is 39.3 Å². The molecule has 102 valence electrons. The molecule has 1 atom stereocenters. The van der Waals surface area contributed by atoms with Gasteiger partial charge in [-0.05, 0) is 25.9 Å². The summed E-state index contributed by atoms with van der Waals surface area (Å²) < 4.78 is 0. The standard InChI is InChI=1S/C13H29N3O/c1-12(2)4-7-15(3)10-13(17)11-16-8-5-14-6-9-16/h12-14,17H,4-11H2,1-3H3. The van der Waals surface area contributed by atoms with Crippen LogP contribution in [0.25, 0.3) is 0 Å². The smallest absolute Gasteiger partial charge is 0.0793 e. The highest BCUT2D eigenvalue weighted by atomic mass is 16.3. The predicted octanol–water partition coefficient (Wildman–Crippen LogP) is 0.230. The third-order valence-corrected chi connectivity index (χ3v) is 3.29. The number of hydrogen-bond donors (Lipinski definition) is 2. The van der Waals surface area contributed by atoms with Crippen molar-refractivity contribution in [2.24, 2.45) is 5.92 Å². The van der Waals surface area contributed by atoms with Gasteiger partial charge in [-0.1, -0.05) is 13.8 Å². The van der Waals surface area contributed by atoms with Gasteiger partial charge in [0.05, 0.1) is 6.10 Å². The molecule has 0 radical (unpaired) electrons. The third kappa shape index (κ3) is 6.99. The summed E-state index contributed by atoms with van der Waals surface area (Å²) in [4.78, 5) is 4.59. The Morgan fingerprint density at radius 2 is 1.94 bits per heavy atom. The van der Waals surface area contributed by atoms with Gasteiger partial charge >= 0.3 is 0 Å². The number of likely N-dealkylation sites (N-methyl/N-ethyl adjacent to an activating group) is 1. The largest absolute Gasteiger partial charge is 0.390 e. The van der Waals surface area contributed by atoms with Crippen LogP contribution in [0.3, 0.4) is 0 Å². The molecule has 0 amide bonds. The zero-order chi connectivity index (χ0) is 12.7. The number of hydrogen-bond acceptors (Lipinski definition) is 4. The van der Waals surface area contributed by atoms with Gasteiger partial charge < -0.3 is 15.3 Å². The maximum atomic E-state index is 10.0. The molecule has 1 aliphatic heterocycles. The van der Waals surface area contributed by atoms with Gasteiger partial charge in [-0.15, -0.1) is 0 Å². The van der Waals surface area contributed by atoms with Crippen molar-refractivity contribution in [3.63, 3.8) is 0 Å². The zero-order valence-electron chi connectivity index (χ0n) is 11.7. The fourth-order valence-electron chi connectivity index (χ4n) is 2.18. The first-order chi connectivity index (χ1) is 8.08. The lowest BCUT2D eigenvalue weighted by molar-refractivity contribution is 0.0758. The second kappa shape index (κ2) is 8.03. The summed E-state index contributed by atoms with van der Waals surface area (Å²) in [6, 6.07) is 0. The normalized spacial score (nSPS) is 20.1. The van der Waals surface area contributed by atoms with Crippen molar-refractivity contribution < 1.29 is 5.11 Å². The van der Waals surface area contributed by atoms with E-state index in [4.69, 9.17) is 0 Å². The van der Waals surface area contributed by atoms with Gasteiger partial charge in [0.25, 0.3) is 0 Å². The average molecular weight is 243 g/mol. The van der Waals surface area contributed by atoms with Crippen molar-refractivity contribution in [3.05, 3.63) is 0 Å². The molecule has 4 heteroatoms. The molecule has 17 heavy (non-hydrogen) atoms. The van der Waals surface area contributed by atoms with Crippen LogP contribution in [0.2, 0.25) is 0 Å². The van der Waals surface area contributed by atoms with E-state index < -0.39 is 0 Å². The summed E-state index contributed by atoms with van der Waals surface area (Å²) in [6.45, 7) is 11.4. The Hall–Kier alpha value is -0.160. The maximum Gasteiger partial charge on any atom is 0.0793 e. The van der Waals surface area contributed by atoms with E-state index in [2.05, 4.69) is 36.0 Å². The van der Waals surface area contributed by atoms with E-state index in [-0.39, 0.29) is 6.10 Å². The van der Waals surface area contributed by atoms with Crippen LogP contribution in [0, 0.1) is 5.92 Å². The summed E-state index contributed by atoms with van der Waals surface area (Å²) >= 11 is 0. The summed E-state index contributed by atoms with van der Waals surface area (Å²) in [7, 11) is 2.10. The van der Waals surface area contributed by atoms with Gasteiger partial charge in [0.1, 0.15) is 0 Å². The second-order valence-electron chi connectivity index (χ2n) is 5.65. The minimum absolute atomic E-state index is 0.217. The van der Waals surface area contributed by atoms with E-state index in [9.17, 15) is 5.11 Å². The van der Waals surface area contributed by atoms with Crippen LogP contribution in [0.5, 0.6) is 0 Å². The fourth-order valence-corrected chi connectivity index (χ4v) is 2.18. The Bertz CT molecular complexity index is 193. The highest BCUT2D eigenvalue weighted by Gasteiger charge is 2.15. The molecule has 1 heterocycles. The number of piperazine rings is 1. The molecule has 0 bridgehead atoms. The Balaban J connectivity index is 2.12. The van der Waals surface area contributed by atoms with E-state index in [0.717, 1.165) is 51.7 Å². The van der Waals surface area contributed by atoms with Crippen molar-refractivity contribution in [3.8, 4) is 0 Å². The summed E-state index contributed by atoms with van der Waals surface area (Å²) in [5.41, 5.74) is 0. The van der Waals surface area contributed by atoms with Crippen molar-refractivity contribution in [1.82, 2.24) is 15.1 Å². The highest BCUT2D eigenvalue weighted by molar-refractivity contribution is 4.72. The zero-order valence-corrected chi connectivity index (χ0v) is 11.7. The molecule has 1 fully saturated rings. The van der Waals surface area contributed by atoms with Crippen LogP contribution < -0.4 is 5.32 Å². The number of aliphatic hydroxyl groups is 1. The molecule has 1 aliphatic rings.